The fraction of sp³-hybridized carbons (Fsp3) is 0.400. The molecular weight excluding hydrogens is 391 g/mol. The van der Waals surface area contributed by atoms with Gasteiger partial charge < -0.3 is 9.84 Å². The Morgan fingerprint density at radius 3 is 2.41 bits per heavy atom. The first-order valence-electron chi connectivity index (χ1n) is 8.95. The summed E-state index contributed by atoms with van der Waals surface area (Å²) >= 11 is 0. The summed E-state index contributed by atoms with van der Waals surface area (Å²) in [6, 6.07) is 10.5. The smallest absolute Gasteiger partial charge is 0.872 e. The van der Waals surface area contributed by atoms with Crippen LogP contribution in [0.3, 0.4) is 0 Å². The van der Waals surface area contributed by atoms with Gasteiger partial charge in [0.05, 0.1) is 0 Å². The average Bonchev–Trinajstić information content (AvgIpc) is 2.57. The molecule has 0 aromatic heterocycles. The SMILES string of the molecule is CCCCCCCCc1cccc(Oc2cc([O-])ccc2S(=O)(=O)O)c1.[K+]. The van der Waals surface area contributed by atoms with Gasteiger partial charge in [-0.25, -0.2) is 0 Å². The molecule has 0 amide bonds. The molecule has 0 aliphatic carbocycles. The Morgan fingerprint density at radius 1 is 1.00 bits per heavy atom. The van der Waals surface area contributed by atoms with Crippen LogP contribution in [0.4, 0.5) is 0 Å². The van der Waals surface area contributed by atoms with Gasteiger partial charge >= 0.3 is 51.4 Å². The van der Waals surface area contributed by atoms with Crippen molar-refractivity contribution in [3.05, 3.63) is 48.0 Å². The van der Waals surface area contributed by atoms with Crippen LogP contribution in [0, 0.1) is 0 Å². The number of rotatable bonds is 10. The molecule has 0 atom stereocenters. The molecule has 2 rings (SSSR count). The summed E-state index contributed by atoms with van der Waals surface area (Å²) in [5, 5.41) is 11.5. The zero-order valence-electron chi connectivity index (χ0n) is 16.0. The predicted molar refractivity (Wildman–Crippen MR) is 99.3 cm³/mol. The van der Waals surface area contributed by atoms with Crippen LogP contribution in [-0.2, 0) is 16.5 Å². The van der Waals surface area contributed by atoms with Gasteiger partial charge in [-0.2, -0.15) is 8.42 Å². The van der Waals surface area contributed by atoms with Crippen LogP contribution in [0.15, 0.2) is 47.4 Å². The maximum atomic E-state index is 11.5. The first-order chi connectivity index (χ1) is 12.4. The zero-order chi connectivity index (χ0) is 19.0. The molecule has 0 unspecified atom stereocenters. The average molecular weight is 417 g/mol. The maximum Gasteiger partial charge on any atom is 1.00 e. The molecule has 0 bridgehead atoms. The molecule has 0 spiro atoms. The van der Waals surface area contributed by atoms with Gasteiger partial charge in [0.25, 0.3) is 10.1 Å². The Bertz CT molecular complexity index is 821. The summed E-state index contributed by atoms with van der Waals surface area (Å²) in [5.41, 5.74) is 1.09. The Balaban J connectivity index is 0.00000364. The van der Waals surface area contributed by atoms with Crippen LogP contribution >= 0.6 is 0 Å². The summed E-state index contributed by atoms with van der Waals surface area (Å²) in [7, 11) is -4.47. The summed E-state index contributed by atoms with van der Waals surface area (Å²) in [5.74, 6) is -0.128. The normalized spacial score (nSPS) is 11.0. The van der Waals surface area contributed by atoms with Crippen molar-refractivity contribution in [2.24, 2.45) is 0 Å². The molecule has 0 heterocycles. The van der Waals surface area contributed by atoms with Crippen LogP contribution in [0.25, 0.3) is 0 Å². The number of hydrogen-bond donors (Lipinski definition) is 1. The van der Waals surface area contributed by atoms with Crippen molar-refractivity contribution in [3.63, 3.8) is 0 Å². The van der Waals surface area contributed by atoms with Crippen LogP contribution in [-0.4, -0.2) is 13.0 Å². The Kier molecular flexibility index (Phi) is 11.1. The van der Waals surface area contributed by atoms with E-state index in [1.165, 1.54) is 32.1 Å². The first-order valence-corrected chi connectivity index (χ1v) is 10.4. The van der Waals surface area contributed by atoms with Gasteiger partial charge in [-0.15, -0.1) is 5.75 Å². The van der Waals surface area contributed by atoms with E-state index in [2.05, 4.69) is 6.92 Å². The van der Waals surface area contributed by atoms with Crippen molar-refractivity contribution in [2.75, 3.05) is 0 Å². The molecule has 142 valence electrons. The van der Waals surface area contributed by atoms with Crippen molar-refractivity contribution in [1.29, 1.82) is 0 Å². The topological polar surface area (TPSA) is 86.7 Å². The minimum absolute atomic E-state index is 0. The van der Waals surface area contributed by atoms with E-state index in [1.807, 2.05) is 18.2 Å². The first kappa shape index (κ1) is 24.6. The van der Waals surface area contributed by atoms with Crippen LogP contribution < -0.4 is 61.2 Å². The molecule has 0 radical (unpaired) electrons. The third-order valence-electron chi connectivity index (χ3n) is 4.14. The Labute approximate surface area is 204 Å². The van der Waals surface area contributed by atoms with Crippen LogP contribution in [0.2, 0.25) is 0 Å². The van der Waals surface area contributed by atoms with Crippen LogP contribution in [0.1, 0.15) is 51.0 Å². The molecule has 2 aromatic carbocycles. The third-order valence-corrected chi connectivity index (χ3v) is 5.03. The minimum Gasteiger partial charge on any atom is -0.872 e. The largest absolute Gasteiger partial charge is 1.00 e. The standard InChI is InChI=1S/C20H26O5S.K/c1-2-3-4-5-6-7-9-16-10-8-11-18(14-16)25-19-15-17(21)12-13-20(19)26(22,23)24;/h8,10-15,21H,2-7,9H2,1H3,(H,22,23,24);/q;+1/p-1. The van der Waals surface area contributed by atoms with E-state index in [4.69, 9.17) is 4.74 Å². The number of benzene rings is 2. The second-order valence-electron chi connectivity index (χ2n) is 6.35. The van der Waals surface area contributed by atoms with Crippen molar-refractivity contribution in [2.45, 2.75) is 56.8 Å². The van der Waals surface area contributed by atoms with Gasteiger partial charge in [0.1, 0.15) is 16.4 Å². The molecule has 0 aliphatic heterocycles. The van der Waals surface area contributed by atoms with Gasteiger partial charge in [-0.3, -0.25) is 4.55 Å². The summed E-state index contributed by atoms with van der Waals surface area (Å²) < 4.78 is 37.8. The molecule has 5 nitrogen and oxygen atoms in total. The fourth-order valence-electron chi connectivity index (χ4n) is 2.78. The van der Waals surface area contributed by atoms with E-state index in [-0.39, 0.29) is 57.1 Å². The Morgan fingerprint density at radius 2 is 1.70 bits per heavy atom. The molecule has 0 saturated carbocycles. The Hall–Kier alpha value is -0.414. The molecule has 7 heteroatoms. The van der Waals surface area contributed by atoms with Gasteiger partial charge in [-0.05, 0) is 42.7 Å². The van der Waals surface area contributed by atoms with Gasteiger partial charge in [0.2, 0.25) is 0 Å². The molecule has 0 saturated heterocycles. The van der Waals surface area contributed by atoms with E-state index >= 15 is 0 Å². The minimum atomic E-state index is -4.47. The van der Waals surface area contributed by atoms with Gasteiger partial charge in [0.15, 0.2) is 0 Å². The maximum absolute atomic E-state index is 11.5. The van der Waals surface area contributed by atoms with Crippen molar-refractivity contribution >= 4 is 10.1 Å². The second kappa shape index (κ2) is 12.2. The number of aryl methyl sites for hydroxylation is 1. The van der Waals surface area contributed by atoms with E-state index in [9.17, 15) is 18.1 Å². The number of unbranched alkanes of at least 4 members (excludes halogenated alkanes) is 5. The summed E-state index contributed by atoms with van der Waals surface area (Å²) in [6.07, 6.45) is 8.18. The van der Waals surface area contributed by atoms with Crippen LogP contribution in [0.5, 0.6) is 17.2 Å². The summed E-state index contributed by atoms with van der Waals surface area (Å²) in [4.78, 5) is -0.418. The van der Waals surface area contributed by atoms with Crippen molar-refractivity contribution < 1.29 is 74.2 Å². The molecular formula is C20H25KO5S. The number of ether oxygens (including phenoxy) is 1. The van der Waals surface area contributed by atoms with Crippen molar-refractivity contribution in [1.82, 2.24) is 0 Å². The quantitative estimate of drug-likeness (QED) is 0.362. The summed E-state index contributed by atoms with van der Waals surface area (Å²) in [6.45, 7) is 2.20. The molecule has 27 heavy (non-hydrogen) atoms. The monoisotopic (exact) mass is 416 g/mol. The number of hydrogen-bond acceptors (Lipinski definition) is 4. The van der Waals surface area contributed by atoms with Crippen molar-refractivity contribution in [3.8, 4) is 17.2 Å². The fourth-order valence-corrected chi connectivity index (χ4v) is 3.38. The van der Waals surface area contributed by atoms with E-state index in [1.54, 1.807) is 6.07 Å². The van der Waals surface area contributed by atoms with Gasteiger partial charge in [-0.1, -0.05) is 57.2 Å². The predicted octanol–water partition coefficient (Wildman–Crippen LogP) is 1.71. The second-order valence-corrected chi connectivity index (χ2v) is 7.74. The molecule has 2 aromatic rings. The molecule has 0 fully saturated rings. The van der Waals surface area contributed by atoms with Gasteiger partial charge in [0, 0.05) is 0 Å². The molecule has 0 aliphatic rings. The molecule has 1 N–H and O–H groups in total. The van der Waals surface area contributed by atoms with E-state index in [0.29, 0.717) is 5.75 Å². The van der Waals surface area contributed by atoms with E-state index in [0.717, 1.165) is 36.6 Å². The zero-order valence-corrected chi connectivity index (χ0v) is 19.9. The third kappa shape index (κ3) is 8.64. The van der Waals surface area contributed by atoms with E-state index < -0.39 is 20.8 Å².